The van der Waals surface area contributed by atoms with Crippen LogP contribution in [0.5, 0.6) is 0 Å². The number of benzene rings is 1. The van der Waals surface area contributed by atoms with Crippen LogP contribution in [-0.2, 0) is 17.8 Å². The van der Waals surface area contributed by atoms with Crippen molar-refractivity contribution in [3.05, 3.63) is 63.9 Å². The van der Waals surface area contributed by atoms with Crippen molar-refractivity contribution < 1.29 is 9.21 Å². The van der Waals surface area contributed by atoms with Crippen LogP contribution in [0.2, 0.25) is 0 Å². The van der Waals surface area contributed by atoms with Crippen LogP contribution in [0.4, 0.5) is 0 Å². The summed E-state index contributed by atoms with van der Waals surface area (Å²) in [5, 5.41) is 3.29. The Kier molecular flexibility index (Phi) is 4.97. The molecule has 3 rings (SSSR count). The quantitative estimate of drug-likeness (QED) is 0.699. The fourth-order valence-electron chi connectivity index (χ4n) is 2.76. The maximum absolute atomic E-state index is 12.5. The zero-order valence-corrected chi connectivity index (χ0v) is 14.4. The summed E-state index contributed by atoms with van der Waals surface area (Å²) in [4.78, 5) is 28.7. The average molecular weight is 339 g/mol. The Balaban J connectivity index is 1.58. The van der Waals surface area contributed by atoms with Crippen LogP contribution >= 0.6 is 0 Å². The van der Waals surface area contributed by atoms with Gasteiger partial charge in [-0.05, 0) is 32.3 Å². The lowest BCUT2D eigenvalue weighted by Crippen LogP contribution is -2.33. The van der Waals surface area contributed by atoms with E-state index in [1.54, 1.807) is 6.92 Å². The molecule has 0 aliphatic rings. The van der Waals surface area contributed by atoms with Crippen molar-refractivity contribution in [2.24, 2.45) is 0 Å². The Morgan fingerprint density at radius 3 is 2.76 bits per heavy atom. The largest absolute Gasteiger partial charge is 0.443 e. The van der Waals surface area contributed by atoms with Crippen molar-refractivity contribution in [2.45, 2.75) is 33.2 Å². The Hall–Kier alpha value is -2.89. The molecule has 0 unspecified atom stereocenters. The first kappa shape index (κ1) is 17.0. The highest BCUT2D eigenvalue weighted by atomic mass is 16.3. The van der Waals surface area contributed by atoms with E-state index >= 15 is 0 Å². The van der Waals surface area contributed by atoms with Crippen LogP contribution in [0, 0.1) is 13.8 Å². The Labute approximate surface area is 145 Å². The third-order valence-electron chi connectivity index (χ3n) is 4.28. The summed E-state index contributed by atoms with van der Waals surface area (Å²) in [6.45, 7) is 4.14. The summed E-state index contributed by atoms with van der Waals surface area (Å²) in [5.41, 5.74) is 2.08. The van der Waals surface area contributed by atoms with E-state index in [0.717, 1.165) is 18.4 Å². The van der Waals surface area contributed by atoms with Gasteiger partial charge in [0, 0.05) is 12.1 Å². The molecule has 0 radical (unpaired) electrons. The molecule has 0 aliphatic heterocycles. The van der Waals surface area contributed by atoms with E-state index in [1.807, 2.05) is 25.1 Å². The Morgan fingerprint density at radius 1 is 1.24 bits per heavy atom. The molecule has 0 aliphatic carbocycles. The topological polar surface area (TPSA) is 77.1 Å². The number of rotatable bonds is 6. The third kappa shape index (κ3) is 3.79. The van der Waals surface area contributed by atoms with Gasteiger partial charge < -0.3 is 9.73 Å². The van der Waals surface area contributed by atoms with E-state index in [9.17, 15) is 9.59 Å². The van der Waals surface area contributed by atoms with Crippen molar-refractivity contribution in [3.8, 4) is 0 Å². The minimum atomic E-state index is -0.251. The molecule has 0 spiro atoms. The predicted molar refractivity (Wildman–Crippen MR) is 95.5 cm³/mol. The van der Waals surface area contributed by atoms with Crippen molar-refractivity contribution in [3.63, 3.8) is 0 Å². The van der Waals surface area contributed by atoms with Gasteiger partial charge in [-0.3, -0.25) is 14.2 Å². The third-order valence-corrected chi connectivity index (χ3v) is 4.28. The molecule has 2 heterocycles. The van der Waals surface area contributed by atoms with Gasteiger partial charge in [0.05, 0.1) is 0 Å². The van der Waals surface area contributed by atoms with E-state index in [-0.39, 0.29) is 18.0 Å². The molecule has 0 saturated heterocycles. The van der Waals surface area contributed by atoms with Crippen LogP contribution in [0.25, 0.3) is 11.1 Å². The van der Waals surface area contributed by atoms with Crippen LogP contribution in [0.3, 0.4) is 0 Å². The number of carbonyl (C=O) groups is 1. The molecule has 0 atom stereocenters. The van der Waals surface area contributed by atoms with Gasteiger partial charge in [-0.1, -0.05) is 30.3 Å². The van der Waals surface area contributed by atoms with Crippen molar-refractivity contribution in [1.29, 1.82) is 0 Å². The van der Waals surface area contributed by atoms with Gasteiger partial charge in [-0.2, -0.15) is 0 Å². The molecular weight excluding hydrogens is 318 g/mol. The summed E-state index contributed by atoms with van der Waals surface area (Å²) in [6.07, 6.45) is 3.11. The monoisotopic (exact) mass is 339 g/mol. The van der Waals surface area contributed by atoms with Gasteiger partial charge >= 0.3 is 0 Å². The predicted octanol–water partition coefficient (Wildman–Crippen LogP) is 2.36. The van der Waals surface area contributed by atoms with Gasteiger partial charge in [0.25, 0.3) is 5.56 Å². The normalized spacial score (nSPS) is 11.0. The van der Waals surface area contributed by atoms with Crippen LogP contribution in [0.1, 0.15) is 23.3 Å². The highest BCUT2D eigenvalue weighted by Crippen LogP contribution is 2.18. The molecule has 6 heteroatoms. The molecule has 2 aromatic heterocycles. The fourth-order valence-corrected chi connectivity index (χ4v) is 2.76. The molecule has 1 amide bonds. The summed E-state index contributed by atoms with van der Waals surface area (Å²) in [5.74, 6) is 0.469. The number of hydrogen-bond donors (Lipinski definition) is 1. The first-order valence-corrected chi connectivity index (χ1v) is 8.32. The summed E-state index contributed by atoms with van der Waals surface area (Å²) in [6, 6.07) is 10.1. The number of carbonyl (C=O) groups excluding carboxylic acids is 1. The SMILES string of the molecule is Cc1oc2ncn(CC(=O)NCCCc3ccccc3)c(=O)c2c1C. The number of amides is 1. The molecule has 0 bridgehead atoms. The van der Waals surface area contributed by atoms with Crippen molar-refractivity contribution in [1.82, 2.24) is 14.9 Å². The lowest BCUT2D eigenvalue weighted by atomic mass is 10.1. The van der Waals surface area contributed by atoms with E-state index in [2.05, 4.69) is 22.4 Å². The molecule has 1 aromatic carbocycles. The number of aromatic nitrogens is 2. The summed E-state index contributed by atoms with van der Waals surface area (Å²) >= 11 is 0. The standard InChI is InChI=1S/C19H21N3O3/c1-13-14(2)25-18-17(13)19(24)22(12-21-18)11-16(23)20-10-6-9-15-7-4-3-5-8-15/h3-5,7-8,12H,6,9-11H2,1-2H3,(H,20,23). The van der Waals surface area contributed by atoms with Crippen molar-refractivity contribution in [2.75, 3.05) is 6.54 Å². The second kappa shape index (κ2) is 7.34. The molecule has 6 nitrogen and oxygen atoms in total. The maximum Gasteiger partial charge on any atom is 0.265 e. The zero-order chi connectivity index (χ0) is 17.8. The minimum absolute atomic E-state index is 0.0449. The number of furan rings is 1. The molecule has 3 aromatic rings. The number of fused-ring (bicyclic) bond motifs is 1. The zero-order valence-electron chi connectivity index (χ0n) is 14.4. The molecule has 0 fully saturated rings. The maximum atomic E-state index is 12.5. The molecule has 130 valence electrons. The smallest absolute Gasteiger partial charge is 0.265 e. The number of nitrogens with zero attached hydrogens (tertiary/aromatic N) is 2. The van der Waals surface area contributed by atoms with Crippen molar-refractivity contribution >= 4 is 17.0 Å². The number of aryl methyl sites for hydroxylation is 3. The lowest BCUT2D eigenvalue weighted by Gasteiger charge is -2.07. The van der Waals surface area contributed by atoms with Gasteiger partial charge in [0.1, 0.15) is 24.0 Å². The summed E-state index contributed by atoms with van der Waals surface area (Å²) < 4.78 is 6.75. The molecule has 0 saturated carbocycles. The summed E-state index contributed by atoms with van der Waals surface area (Å²) in [7, 11) is 0. The molecular formula is C19H21N3O3. The van der Waals surface area contributed by atoms with E-state index in [0.29, 0.717) is 23.4 Å². The Bertz CT molecular complexity index is 942. The molecule has 1 N–H and O–H groups in total. The first-order valence-electron chi connectivity index (χ1n) is 8.32. The Morgan fingerprint density at radius 2 is 2.00 bits per heavy atom. The fraction of sp³-hybridized carbons (Fsp3) is 0.316. The highest BCUT2D eigenvalue weighted by Gasteiger charge is 2.14. The number of nitrogens with one attached hydrogen (secondary N) is 1. The highest BCUT2D eigenvalue weighted by molar-refractivity contribution is 5.79. The number of hydrogen-bond acceptors (Lipinski definition) is 4. The second-order valence-electron chi connectivity index (χ2n) is 6.08. The second-order valence-corrected chi connectivity index (χ2v) is 6.08. The van der Waals surface area contributed by atoms with Gasteiger partial charge in [-0.25, -0.2) is 4.98 Å². The van der Waals surface area contributed by atoms with Gasteiger partial charge in [0.15, 0.2) is 0 Å². The minimum Gasteiger partial charge on any atom is -0.443 e. The van der Waals surface area contributed by atoms with Gasteiger partial charge in [-0.15, -0.1) is 0 Å². The van der Waals surface area contributed by atoms with E-state index < -0.39 is 0 Å². The van der Waals surface area contributed by atoms with Crippen LogP contribution in [0.15, 0.2) is 45.9 Å². The van der Waals surface area contributed by atoms with E-state index in [1.165, 1.54) is 16.5 Å². The van der Waals surface area contributed by atoms with Crippen LogP contribution < -0.4 is 10.9 Å². The average Bonchev–Trinajstić information content (AvgIpc) is 2.90. The molecule has 25 heavy (non-hydrogen) atoms. The van der Waals surface area contributed by atoms with E-state index in [4.69, 9.17) is 4.42 Å². The van der Waals surface area contributed by atoms with Gasteiger partial charge in [0.2, 0.25) is 11.6 Å². The van der Waals surface area contributed by atoms with Crippen LogP contribution in [-0.4, -0.2) is 22.0 Å². The lowest BCUT2D eigenvalue weighted by molar-refractivity contribution is -0.121. The first-order chi connectivity index (χ1) is 12.1.